The lowest BCUT2D eigenvalue weighted by Gasteiger charge is -2.22. The molecule has 3 aromatic heterocycles. The van der Waals surface area contributed by atoms with E-state index < -0.39 is 0 Å². The Hall–Kier alpha value is -3.68. The molecule has 0 saturated heterocycles. The van der Waals surface area contributed by atoms with Crippen LogP contribution >= 0.6 is 0 Å². The molecule has 0 bridgehead atoms. The number of nitrogens with zero attached hydrogens (tertiary/aromatic N) is 6. The predicted octanol–water partition coefficient (Wildman–Crippen LogP) is 1.76. The molecule has 10 nitrogen and oxygen atoms in total. The molecule has 0 radical (unpaired) electrons. The third kappa shape index (κ3) is 4.48. The maximum absolute atomic E-state index is 9.48. The van der Waals surface area contributed by atoms with Gasteiger partial charge in [-0.3, -0.25) is 9.58 Å². The molecule has 6 N–H and O–H groups in total. The first-order chi connectivity index (χ1) is 14.5. The molecule has 0 fully saturated rings. The second kappa shape index (κ2) is 9.21. The number of nitrogens with one attached hydrogen (secondary N) is 1. The highest BCUT2D eigenvalue weighted by Gasteiger charge is 2.15. The Bertz CT molecular complexity index is 1100. The SMILES string of the molecule is CCC/C(N)=C/N(N)c1cnc(-n2cnc3cc(C#N)cnc32)cc1NC(C)CO. The number of allylic oxidation sites excluding steroid dienone is 1. The highest BCUT2D eigenvalue weighted by atomic mass is 16.3. The Morgan fingerprint density at radius 1 is 1.37 bits per heavy atom. The van der Waals surface area contributed by atoms with E-state index in [4.69, 9.17) is 16.8 Å². The highest BCUT2D eigenvalue weighted by molar-refractivity contribution is 5.76. The fourth-order valence-electron chi connectivity index (χ4n) is 2.93. The van der Waals surface area contributed by atoms with Crippen LogP contribution < -0.4 is 21.9 Å². The first-order valence-electron chi connectivity index (χ1n) is 9.58. The number of nitrogens with two attached hydrogens (primary N) is 2. The zero-order valence-corrected chi connectivity index (χ0v) is 16.9. The number of hydrogen-bond acceptors (Lipinski definition) is 9. The summed E-state index contributed by atoms with van der Waals surface area (Å²) in [5.74, 6) is 6.77. The summed E-state index contributed by atoms with van der Waals surface area (Å²) in [5.41, 5.74) is 9.53. The number of anilines is 2. The maximum Gasteiger partial charge on any atom is 0.165 e. The van der Waals surface area contributed by atoms with E-state index in [2.05, 4.69) is 26.3 Å². The first kappa shape index (κ1) is 21.0. The van der Waals surface area contributed by atoms with Crippen molar-refractivity contribution in [1.29, 1.82) is 5.26 Å². The van der Waals surface area contributed by atoms with Gasteiger partial charge in [0.05, 0.1) is 29.7 Å². The van der Waals surface area contributed by atoms with Gasteiger partial charge in [0.25, 0.3) is 0 Å². The van der Waals surface area contributed by atoms with Gasteiger partial charge in [0.1, 0.15) is 23.7 Å². The van der Waals surface area contributed by atoms with Crippen LogP contribution in [0.1, 0.15) is 32.3 Å². The normalized spacial score (nSPS) is 12.6. The highest BCUT2D eigenvalue weighted by Crippen LogP contribution is 2.28. The lowest BCUT2D eigenvalue weighted by Crippen LogP contribution is -2.29. The number of aliphatic hydroxyl groups is 1. The Kier molecular flexibility index (Phi) is 6.46. The third-order valence-corrected chi connectivity index (χ3v) is 4.43. The number of hydrazine groups is 1. The Morgan fingerprint density at radius 3 is 2.87 bits per heavy atom. The van der Waals surface area contributed by atoms with Crippen LogP contribution in [0.4, 0.5) is 11.4 Å². The van der Waals surface area contributed by atoms with Crippen LogP contribution in [0.2, 0.25) is 0 Å². The van der Waals surface area contributed by atoms with E-state index in [1.165, 1.54) is 11.2 Å². The largest absolute Gasteiger partial charge is 0.401 e. The molecule has 30 heavy (non-hydrogen) atoms. The molecule has 0 spiro atoms. The van der Waals surface area contributed by atoms with Gasteiger partial charge in [-0.1, -0.05) is 13.3 Å². The van der Waals surface area contributed by atoms with Crippen molar-refractivity contribution in [2.75, 3.05) is 16.9 Å². The Morgan fingerprint density at radius 2 is 2.17 bits per heavy atom. The number of rotatable bonds is 8. The van der Waals surface area contributed by atoms with E-state index >= 15 is 0 Å². The zero-order chi connectivity index (χ0) is 21.7. The minimum atomic E-state index is -0.208. The van der Waals surface area contributed by atoms with E-state index in [-0.39, 0.29) is 12.6 Å². The number of fused-ring (bicyclic) bond motifs is 1. The molecule has 3 aromatic rings. The van der Waals surface area contributed by atoms with Gasteiger partial charge in [-0.15, -0.1) is 0 Å². The van der Waals surface area contributed by atoms with Gasteiger partial charge >= 0.3 is 0 Å². The quantitative estimate of drug-likeness (QED) is 0.323. The van der Waals surface area contributed by atoms with Gasteiger partial charge in [0, 0.05) is 30.2 Å². The molecule has 0 aromatic carbocycles. The number of nitriles is 1. The van der Waals surface area contributed by atoms with Gasteiger partial charge in [0.15, 0.2) is 5.65 Å². The molecule has 0 aliphatic rings. The van der Waals surface area contributed by atoms with E-state index in [9.17, 15) is 5.11 Å². The number of hydrogen-bond donors (Lipinski definition) is 4. The smallest absolute Gasteiger partial charge is 0.165 e. The summed E-state index contributed by atoms with van der Waals surface area (Å²) in [6, 6.07) is 5.31. The number of aromatic nitrogens is 4. The predicted molar refractivity (Wildman–Crippen MR) is 115 cm³/mol. The van der Waals surface area contributed by atoms with E-state index in [1.807, 2.05) is 13.8 Å². The molecule has 156 valence electrons. The molecule has 3 heterocycles. The summed E-state index contributed by atoms with van der Waals surface area (Å²) in [5, 5.41) is 23.2. The minimum Gasteiger partial charge on any atom is -0.401 e. The number of imidazole rings is 1. The van der Waals surface area contributed by atoms with Crippen molar-refractivity contribution < 1.29 is 5.11 Å². The molecule has 0 saturated carbocycles. The molecular weight excluding hydrogens is 382 g/mol. The topological polar surface area (TPSA) is 155 Å². The van der Waals surface area contributed by atoms with Crippen molar-refractivity contribution in [3.63, 3.8) is 0 Å². The Balaban J connectivity index is 2.04. The number of aliphatic hydroxyl groups excluding tert-OH is 1. The average Bonchev–Trinajstić information content (AvgIpc) is 3.16. The summed E-state index contributed by atoms with van der Waals surface area (Å²) in [6.45, 7) is 3.84. The van der Waals surface area contributed by atoms with Crippen molar-refractivity contribution >= 4 is 22.5 Å². The molecule has 10 heteroatoms. The van der Waals surface area contributed by atoms with Crippen LogP contribution in [0.15, 0.2) is 42.8 Å². The second-order valence-corrected chi connectivity index (χ2v) is 6.94. The lowest BCUT2D eigenvalue weighted by molar-refractivity contribution is 0.281. The Labute approximate surface area is 174 Å². The van der Waals surface area contributed by atoms with Crippen LogP contribution in [0, 0.1) is 11.3 Å². The second-order valence-electron chi connectivity index (χ2n) is 6.94. The molecular formula is C20H25N9O. The molecule has 0 aliphatic carbocycles. The maximum atomic E-state index is 9.48. The summed E-state index contributed by atoms with van der Waals surface area (Å²) in [7, 11) is 0. The third-order valence-electron chi connectivity index (χ3n) is 4.43. The van der Waals surface area contributed by atoms with Crippen LogP contribution in [-0.4, -0.2) is 37.3 Å². The van der Waals surface area contributed by atoms with Crippen molar-refractivity contribution in [3.05, 3.63) is 48.3 Å². The molecule has 0 aliphatic heterocycles. The van der Waals surface area contributed by atoms with Crippen LogP contribution in [-0.2, 0) is 0 Å². The van der Waals surface area contributed by atoms with Crippen molar-refractivity contribution in [2.24, 2.45) is 11.6 Å². The van der Waals surface area contributed by atoms with Crippen molar-refractivity contribution in [1.82, 2.24) is 19.5 Å². The number of pyridine rings is 2. The van der Waals surface area contributed by atoms with Gasteiger partial charge < -0.3 is 16.2 Å². The van der Waals surface area contributed by atoms with E-state index in [0.717, 1.165) is 12.8 Å². The lowest BCUT2D eigenvalue weighted by atomic mass is 10.2. The first-order valence-corrected chi connectivity index (χ1v) is 9.58. The minimum absolute atomic E-state index is 0.0536. The van der Waals surface area contributed by atoms with E-state index in [1.54, 1.807) is 35.4 Å². The summed E-state index contributed by atoms with van der Waals surface area (Å²) >= 11 is 0. The fourth-order valence-corrected chi connectivity index (χ4v) is 2.93. The molecule has 1 unspecified atom stereocenters. The van der Waals surface area contributed by atoms with Gasteiger partial charge in [-0.25, -0.2) is 20.8 Å². The summed E-state index contributed by atoms with van der Waals surface area (Å²) in [6.07, 6.45) is 8.00. The van der Waals surface area contributed by atoms with Crippen LogP contribution in [0.5, 0.6) is 0 Å². The zero-order valence-electron chi connectivity index (χ0n) is 16.9. The van der Waals surface area contributed by atoms with Crippen molar-refractivity contribution in [2.45, 2.75) is 32.7 Å². The summed E-state index contributed by atoms with van der Waals surface area (Å²) in [4.78, 5) is 13.2. The molecule has 0 amide bonds. The van der Waals surface area contributed by atoms with Crippen molar-refractivity contribution in [3.8, 4) is 11.9 Å². The average molecular weight is 407 g/mol. The van der Waals surface area contributed by atoms with Crippen LogP contribution in [0.25, 0.3) is 17.0 Å². The molecule has 1 atom stereocenters. The monoisotopic (exact) mass is 407 g/mol. The van der Waals surface area contributed by atoms with Crippen LogP contribution in [0.3, 0.4) is 0 Å². The fraction of sp³-hybridized carbons (Fsp3) is 0.300. The van der Waals surface area contributed by atoms with E-state index in [0.29, 0.717) is 39.6 Å². The summed E-state index contributed by atoms with van der Waals surface area (Å²) < 4.78 is 1.72. The van der Waals surface area contributed by atoms with Gasteiger partial charge in [-0.05, 0) is 19.4 Å². The van der Waals surface area contributed by atoms with Gasteiger partial charge in [0.2, 0.25) is 0 Å². The molecule has 3 rings (SSSR count). The van der Waals surface area contributed by atoms with Gasteiger partial charge in [-0.2, -0.15) is 5.26 Å². The standard InChI is InChI=1S/C20H25N9O/c1-3-4-15(22)10-29(23)18-9-24-19(6-16(18)27-13(2)11-30)28-12-26-17-5-14(7-21)8-25-20(17)28/h5-6,8-10,12-13,30H,3-4,11,22-23H2,1-2H3,(H,24,27)/b15-10-.